The van der Waals surface area contributed by atoms with E-state index in [9.17, 15) is 10.1 Å². The molecule has 2 atom stereocenters. The Morgan fingerprint density at radius 3 is 3.00 bits per heavy atom. The van der Waals surface area contributed by atoms with E-state index in [0.717, 1.165) is 12.8 Å². The van der Waals surface area contributed by atoms with E-state index < -0.39 is 4.92 Å². The zero-order valence-corrected chi connectivity index (χ0v) is 11.7. The van der Waals surface area contributed by atoms with Gasteiger partial charge in [0.15, 0.2) is 0 Å². The normalized spacial score (nSPS) is 21.9. The third kappa shape index (κ3) is 3.09. The first-order valence-electron chi connectivity index (χ1n) is 6.65. The van der Waals surface area contributed by atoms with Crippen LogP contribution in [0.3, 0.4) is 0 Å². The maximum Gasteiger partial charge on any atom is 0.305 e. The number of ether oxygens (including phenoxy) is 1. The molecule has 1 aliphatic rings. The van der Waals surface area contributed by atoms with Gasteiger partial charge < -0.3 is 15.4 Å². The highest BCUT2D eigenvalue weighted by Crippen LogP contribution is 2.27. The van der Waals surface area contributed by atoms with Crippen molar-refractivity contribution in [1.82, 2.24) is 4.98 Å². The SMILES string of the molecule is COC1CCN(c2ccc([N+](=O)[O-])c(C#N)n2)C(CN)C1. The molecule has 1 fully saturated rings. The molecule has 0 bridgehead atoms. The molecule has 2 heterocycles. The highest BCUT2D eigenvalue weighted by atomic mass is 16.6. The molecule has 2 unspecified atom stereocenters. The minimum absolute atomic E-state index is 0.0456. The molecule has 8 nitrogen and oxygen atoms in total. The van der Waals surface area contributed by atoms with Crippen molar-refractivity contribution in [3.63, 3.8) is 0 Å². The molecule has 1 aromatic rings. The number of hydrogen-bond acceptors (Lipinski definition) is 7. The summed E-state index contributed by atoms with van der Waals surface area (Å²) in [5, 5.41) is 19.8. The molecule has 112 valence electrons. The quantitative estimate of drug-likeness (QED) is 0.643. The first-order chi connectivity index (χ1) is 10.1. The summed E-state index contributed by atoms with van der Waals surface area (Å²) in [6.45, 7) is 1.12. The second kappa shape index (κ2) is 6.47. The molecule has 2 rings (SSSR count). The maximum atomic E-state index is 10.8. The number of nitriles is 1. The Hall–Kier alpha value is -2.24. The Balaban J connectivity index is 2.29. The second-order valence-electron chi connectivity index (χ2n) is 4.87. The van der Waals surface area contributed by atoms with Crippen LogP contribution in [0.4, 0.5) is 11.5 Å². The lowest BCUT2D eigenvalue weighted by molar-refractivity contribution is -0.385. The van der Waals surface area contributed by atoms with Gasteiger partial charge >= 0.3 is 5.69 Å². The summed E-state index contributed by atoms with van der Waals surface area (Å²) in [4.78, 5) is 16.3. The van der Waals surface area contributed by atoms with Crippen molar-refractivity contribution in [2.24, 2.45) is 5.73 Å². The van der Waals surface area contributed by atoms with Gasteiger partial charge in [-0.3, -0.25) is 10.1 Å². The van der Waals surface area contributed by atoms with E-state index in [1.807, 2.05) is 4.90 Å². The molecular weight excluding hydrogens is 274 g/mol. The number of nitro groups is 1. The van der Waals surface area contributed by atoms with Crippen molar-refractivity contribution >= 4 is 11.5 Å². The van der Waals surface area contributed by atoms with Crippen molar-refractivity contribution in [3.8, 4) is 6.07 Å². The largest absolute Gasteiger partial charge is 0.381 e. The molecule has 1 saturated heterocycles. The van der Waals surface area contributed by atoms with Gasteiger partial charge in [-0.15, -0.1) is 0 Å². The average molecular weight is 291 g/mol. The summed E-state index contributed by atoms with van der Waals surface area (Å²) >= 11 is 0. The summed E-state index contributed by atoms with van der Waals surface area (Å²) in [6, 6.07) is 4.70. The number of hydrogen-bond donors (Lipinski definition) is 1. The van der Waals surface area contributed by atoms with Crippen LogP contribution in [0.2, 0.25) is 0 Å². The second-order valence-corrected chi connectivity index (χ2v) is 4.87. The Labute approximate surface area is 122 Å². The molecule has 0 aliphatic carbocycles. The van der Waals surface area contributed by atoms with E-state index in [2.05, 4.69) is 4.98 Å². The van der Waals surface area contributed by atoms with Gasteiger partial charge in [-0.25, -0.2) is 4.98 Å². The van der Waals surface area contributed by atoms with Crippen molar-refractivity contribution in [2.45, 2.75) is 25.0 Å². The summed E-state index contributed by atoms with van der Waals surface area (Å²) < 4.78 is 5.36. The average Bonchev–Trinajstić information content (AvgIpc) is 2.53. The molecule has 0 aromatic carbocycles. The molecule has 0 spiro atoms. The van der Waals surface area contributed by atoms with Crippen LogP contribution in [-0.4, -0.2) is 42.3 Å². The molecule has 21 heavy (non-hydrogen) atoms. The Kier molecular flexibility index (Phi) is 4.67. The van der Waals surface area contributed by atoms with Gasteiger partial charge in [0.05, 0.1) is 11.0 Å². The number of nitrogens with zero attached hydrogens (tertiary/aromatic N) is 4. The number of piperidine rings is 1. The predicted molar refractivity (Wildman–Crippen MR) is 75.8 cm³/mol. The summed E-state index contributed by atoms with van der Waals surface area (Å²) in [7, 11) is 1.67. The third-order valence-corrected chi connectivity index (χ3v) is 3.73. The first-order valence-corrected chi connectivity index (χ1v) is 6.65. The summed E-state index contributed by atoms with van der Waals surface area (Å²) in [6.07, 6.45) is 1.75. The fourth-order valence-corrected chi connectivity index (χ4v) is 2.58. The predicted octanol–water partition coefficient (Wildman–Crippen LogP) is 0.804. The number of rotatable bonds is 4. The van der Waals surface area contributed by atoms with Crippen LogP contribution in [0.25, 0.3) is 0 Å². The third-order valence-electron chi connectivity index (χ3n) is 3.73. The van der Waals surface area contributed by atoms with Crippen LogP contribution >= 0.6 is 0 Å². The number of pyridine rings is 1. The molecular formula is C13H17N5O3. The monoisotopic (exact) mass is 291 g/mol. The lowest BCUT2D eigenvalue weighted by Gasteiger charge is -2.39. The minimum atomic E-state index is -0.604. The van der Waals surface area contributed by atoms with Gasteiger partial charge in [0, 0.05) is 32.3 Å². The zero-order chi connectivity index (χ0) is 15.4. The van der Waals surface area contributed by atoms with Crippen molar-refractivity contribution in [2.75, 3.05) is 25.1 Å². The Bertz CT molecular complexity index is 571. The smallest absolute Gasteiger partial charge is 0.305 e. The molecule has 2 N–H and O–H groups in total. The van der Waals surface area contributed by atoms with Crippen molar-refractivity contribution < 1.29 is 9.66 Å². The molecule has 0 saturated carbocycles. The van der Waals surface area contributed by atoms with E-state index in [1.165, 1.54) is 6.07 Å². The molecule has 1 aliphatic heterocycles. The highest BCUT2D eigenvalue weighted by Gasteiger charge is 2.29. The van der Waals surface area contributed by atoms with Crippen molar-refractivity contribution in [3.05, 3.63) is 27.9 Å². The van der Waals surface area contributed by atoms with Crippen LogP contribution in [0, 0.1) is 21.4 Å². The summed E-state index contributed by atoms with van der Waals surface area (Å²) in [5.41, 5.74) is 5.34. The van der Waals surface area contributed by atoms with Gasteiger partial charge in [-0.1, -0.05) is 0 Å². The van der Waals surface area contributed by atoms with E-state index in [0.29, 0.717) is 18.9 Å². The van der Waals surface area contributed by atoms with E-state index in [4.69, 9.17) is 15.7 Å². The molecule has 0 amide bonds. The van der Waals surface area contributed by atoms with E-state index >= 15 is 0 Å². The number of anilines is 1. The maximum absolute atomic E-state index is 10.8. The molecule has 0 radical (unpaired) electrons. The van der Waals surface area contributed by atoms with Crippen LogP contribution < -0.4 is 10.6 Å². The lowest BCUT2D eigenvalue weighted by atomic mass is 9.99. The van der Waals surface area contributed by atoms with Gasteiger partial charge in [0.1, 0.15) is 11.9 Å². The summed E-state index contributed by atoms with van der Waals surface area (Å²) in [5.74, 6) is 0.544. The van der Waals surface area contributed by atoms with Crippen LogP contribution in [0.5, 0.6) is 0 Å². The van der Waals surface area contributed by atoms with Gasteiger partial charge in [0.25, 0.3) is 0 Å². The van der Waals surface area contributed by atoms with Gasteiger partial charge in [-0.2, -0.15) is 5.26 Å². The highest BCUT2D eigenvalue weighted by molar-refractivity contribution is 5.52. The van der Waals surface area contributed by atoms with Crippen molar-refractivity contribution in [1.29, 1.82) is 5.26 Å². The topological polar surface area (TPSA) is 118 Å². The van der Waals surface area contributed by atoms with Crippen LogP contribution in [0.1, 0.15) is 18.5 Å². The number of nitrogens with two attached hydrogens (primary N) is 1. The minimum Gasteiger partial charge on any atom is -0.381 e. The number of aromatic nitrogens is 1. The van der Waals surface area contributed by atoms with Crippen LogP contribution in [-0.2, 0) is 4.74 Å². The van der Waals surface area contributed by atoms with Gasteiger partial charge in [0.2, 0.25) is 5.69 Å². The first kappa shape index (κ1) is 15.2. The fraction of sp³-hybridized carbons (Fsp3) is 0.538. The molecule has 1 aromatic heterocycles. The molecule has 8 heteroatoms. The fourth-order valence-electron chi connectivity index (χ4n) is 2.58. The number of methoxy groups -OCH3 is 1. The van der Waals surface area contributed by atoms with Gasteiger partial charge in [-0.05, 0) is 18.9 Å². The van der Waals surface area contributed by atoms with E-state index in [1.54, 1.807) is 19.2 Å². The Morgan fingerprint density at radius 2 is 2.43 bits per heavy atom. The van der Waals surface area contributed by atoms with E-state index in [-0.39, 0.29) is 23.5 Å². The lowest BCUT2D eigenvalue weighted by Crippen LogP contribution is -2.49. The Morgan fingerprint density at radius 1 is 1.67 bits per heavy atom. The zero-order valence-electron chi connectivity index (χ0n) is 11.7. The van der Waals surface area contributed by atoms with Crippen LogP contribution in [0.15, 0.2) is 12.1 Å². The standard InChI is InChI=1S/C13H17N5O3/c1-21-10-4-5-17(9(6-10)7-14)13-3-2-12(18(19)20)11(8-15)16-13/h2-3,9-10H,4-7,14H2,1H3.